The van der Waals surface area contributed by atoms with Gasteiger partial charge in [-0.25, -0.2) is 15.0 Å². The summed E-state index contributed by atoms with van der Waals surface area (Å²) in [6, 6.07) is 1.66. The maximum atomic E-state index is 12.5. The van der Waals surface area contributed by atoms with E-state index < -0.39 is 40.6 Å². The first-order valence-corrected chi connectivity index (χ1v) is 21.7. The van der Waals surface area contributed by atoms with Crippen LogP contribution in [0.5, 0.6) is 0 Å². The number of methoxy groups -OCH3 is 1. The topological polar surface area (TPSA) is 129 Å². The Hall–Kier alpha value is -1.66. The largest absolute Gasteiger partial charge is 0.435 e. The molecule has 14 heteroatoms. The van der Waals surface area contributed by atoms with Crippen LogP contribution in [0.25, 0.3) is 20.8 Å². The quantitative estimate of drug-likeness (QED) is 0.143. The van der Waals surface area contributed by atoms with Gasteiger partial charge in [0.2, 0.25) is 14.2 Å². The van der Waals surface area contributed by atoms with Gasteiger partial charge in [0.25, 0.3) is 0 Å². The number of nitrogens with zero attached hydrogens (tertiary/aromatic N) is 4. The number of aromatic nitrogens is 4. The Morgan fingerprint density at radius 3 is 2.33 bits per heavy atom. The Morgan fingerprint density at radius 2 is 1.78 bits per heavy atom. The highest BCUT2D eigenvalue weighted by Crippen LogP contribution is 2.41. The molecular formula is C31H50N5O5S2Si2. The van der Waals surface area contributed by atoms with Gasteiger partial charge in [0, 0.05) is 32.1 Å². The zero-order chi connectivity index (χ0) is 33.2. The summed E-state index contributed by atoms with van der Waals surface area (Å²) in [5, 5.41) is 16.1. The van der Waals surface area contributed by atoms with Gasteiger partial charge in [-0.1, -0.05) is 55.4 Å². The van der Waals surface area contributed by atoms with Gasteiger partial charge in [-0.15, -0.1) is 11.3 Å². The molecule has 0 aliphatic heterocycles. The SMILES string of the molecule is COC1C(Nc2nc(S(C)=O)nc(C)c2-c2nc3cnccc3s2)CC(CO[Si](O[Si](C(C)C)C(C)C)(C(C)C)C(C)C)C1O. The zero-order valence-electron chi connectivity index (χ0n) is 28.5. The van der Waals surface area contributed by atoms with Crippen molar-refractivity contribution in [3.05, 3.63) is 24.2 Å². The summed E-state index contributed by atoms with van der Waals surface area (Å²) >= 11 is 1.53. The van der Waals surface area contributed by atoms with E-state index in [0.717, 1.165) is 20.8 Å². The zero-order valence-corrected chi connectivity index (χ0v) is 32.1. The molecule has 0 bridgehead atoms. The number of aliphatic hydroxyl groups is 1. The second-order valence-corrected chi connectivity index (χ2v) is 23.5. The number of fused-ring (bicyclic) bond motifs is 1. The lowest BCUT2D eigenvalue weighted by Crippen LogP contribution is -2.54. The Kier molecular flexibility index (Phi) is 12.1. The van der Waals surface area contributed by atoms with E-state index in [4.69, 9.17) is 23.2 Å². The molecule has 249 valence electrons. The molecule has 1 fully saturated rings. The van der Waals surface area contributed by atoms with E-state index in [1.807, 2.05) is 13.0 Å². The van der Waals surface area contributed by atoms with Crippen LogP contribution in [-0.2, 0) is 24.1 Å². The average Bonchev–Trinajstić information content (AvgIpc) is 3.52. The number of nitrogens with one attached hydrogen (secondary N) is 1. The van der Waals surface area contributed by atoms with E-state index in [1.54, 1.807) is 25.8 Å². The molecule has 0 amide bonds. The first-order valence-electron chi connectivity index (χ1n) is 15.8. The van der Waals surface area contributed by atoms with Crippen LogP contribution >= 0.6 is 11.3 Å². The molecule has 0 aromatic carbocycles. The average molecular weight is 693 g/mol. The van der Waals surface area contributed by atoms with Gasteiger partial charge in [0.15, 0.2) is 0 Å². The van der Waals surface area contributed by atoms with Crippen LogP contribution in [0.2, 0.25) is 22.2 Å². The number of pyridine rings is 1. The smallest absolute Gasteiger partial charge is 0.333 e. The third-order valence-corrected chi connectivity index (χ3v) is 18.7. The van der Waals surface area contributed by atoms with Crippen molar-refractivity contribution < 1.29 is 22.6 Å². The molecule has 0 saturated heterocycles. The van der Waals surface area contributed by atoms with Crippen molar-refractivity contribution in [1.29, 1.82) is 0 Å². The molecule has 1 aliphatic carbocycles. The minimum Gasteiger partial charge on any atom is -0.435 e. The molecule has 10 nitrogen and oxygen atoms in total. The van der Waals surface area contributed by atoms with Crippen molar-refractivity contribution in [3.63, 3.8) is 0 Å². The molecule has 5 atom stereocenters. The van der Waals surface area contributed by atoms with Crippen LogP contribution in [0.4, 0.5) is 5.82 Å². The molecule has 1 saturated carbocycles. The molecule has 5 unspecified atom stereocenters. The fourth-order valence-corrected chi connectivity index (χ4v) is 17.2. The van der Waals surface area contributed by atoms with Crippen LogP contribution in [0, 0.1) is 12.8 Å². The van der Waals surface area contributed by atoms with Crippen molar-refractivity contribution in [3.8, 4) is 10.6 Å². The van der Waals surface area contributed by atoms with Gasteiger partial charge in [-0.05, 0) is 41.6 Å². The summed E-state index contributed by atoms with van der Waals surface area (Å²) in [6.07, 6.45) is 4.40. The van der Waals surface area contributed by atoms with Crippen LogP contribution in [0.15, 0.2) is 23.6 Å². The van der Waals surface area contributed by atoms with Gasteiger partial charge in [0.1, 0.15) is 22.4 Å². The molecule has 2 N–H and O–H groups in total. The van der Waals surface area contributed by atoms with Crippen molar-refractivity contribution in [2.45, 2.75) is 114 Å². The molecule has 0 spiro atoms. The maximum absolute atomic E-state index is 12.5. The normalized spacial score (nSPS) is 21.7. The number of anilines is 1. The first-order chi connectivity index (χ1) is 21.2. The van der Waals surface area contributed by atoms with Gasteiger partial charge in [-0.2, -0.15) is 0 Å². The lowest BCUT2D eigenvalue weighted by Gasteiger charge is -2.42. The van der Waals surface area contributed by atoms with Crippen molar-refractivity contribution in [2.24, 2.45) is 5.92 Å². The van der Waals surface area contributed by atoms with E-state index >= 15 is 0 Å². The maximum Gasteiger partial charge on any atom is 0.333 e. The number of ether oxygens (including phenoxy) is 1. The van der Waals surface area contributed by atoms with Crippen molar-refractivity contribution >= 4 is 55.8 Å². The van der Waals surface area contributed by atoms with E-state index in [9.17, 15) is 9.32 Å². The van der Waals surface area contributed by atoms with Gasteiger partial charge >= 0.3 is 8.56 Å². The summed E-state index contributed by atoms with van der Waals surface area (Å²) in [6.45, 7) is 20.1. The second kappa shape index (κ2) is 15.1. The predicted molar refractivity (Wildman–Crippen MR) is 187 cm³/mol. The van der Waals surface area contributed by atoms with Crippen molar-refractivity contribution in [1.82, 2.24) is 19.9 Å². The van der Waals surface area contributed by atoms with Crippen molar-refractivity contribution in [2.75, 3.05) is 25.3 Å². The van der Waals surface area contributed by atoms with Crippen LogP contribution in [-0.4, -0.2) is 85.1 Å². The summed E-state index contributed by atoms with van der Waals surface area (Å²) in [5.41, 5.74) is 3.64. The summed E-state index contributed by atoms with van der Waals surface area (Å²) in [4.78, 5) is 18.3. The number of aryl methyl sites for hydroxylation is 1. The Labute approximate surface area is 277 Å². The fraction of sp³-hybridized carbons (Fsp3) is 0.677. The summed E-state index contributed by atoms with van der Waals surface area (Å²) in [7, 11) is -3.54. The Morgan fingerprint density at radius 1 is 1.11 bits per heavy atom. The highest BCUT2D eigenvalue weighted by Gasteiger charge is 2.50. The Bertz CT molecular complexity index is 1420. The molecule has 4 rings (SSSR count). The van der Waals surface area contributed by atoms with E-state index in [-0.39, 0.29) is 28.2 Å². The third-order valence-electron chi connectivity index (χ3n) is 8.65. The predicted octanol–water partition coefficient (Wildman–Crippen LogP) is 6.48. The number of rotatable bonds is 14. The number of hydrogen-bond donors (Lipinski definition) is 2. The monoisotopic (exact) mass is 692 g/mol. The van der Waals surface area contributed by atoms with Gasteiger partial charge in [0.05, 0.1) is 45.1 Å². The molecule has 3 heterocycles. The second-order valence-electron chi connectivity index (χ2n) is 13.2. The van der Waals surface area contributed by atoms with Crippen LogP contribution in [0.3, 0.4) is 0 Å². The highest BCUT2D eigenvalue weighted by atomic mass is 32.2. The van der Waals surface area contributed by atoms with Gasteiger partial charge < -0.3 is 23.7 Å². The minimum atomic E-state index is -2.65. The third kappa shape index (κ3) is 7.74. The summed E-state index contributed by atoms with van der Waals surface area (Å²) in [5.74, 6) is 0.354. The van der Waals surface area contributed by atoms with E-state index in [1.165, 1.54) is 11.3 Å². The number of thiazole rings is 1. The Balaban J connectivity index is 1.64. The van der Waals surface area contributed by atoms with E-state index in [2.05, 4.69) is 70.7 Å². The fourth-order valence-electron chi connectivity index (χ4n) is 6.41. The number of hydrogen-bond acceptors (Lipinski definition) is 11. The highest BCUT2D eigenvalue weighted by molar-refractivity contribution is 7.84. The van der Waals surface area contributed by atoms with E-state index in [0.29, 0.717) is 35.6 Å². The molecule has 1 aliphatic rings. The first kappa shape index (κ1) is 36.2. The lowest BCUT2D eigenvalue weighted by molar-refractivity contribution is -0.0205. The minimum absolute atomic E-state index is 0.172. The van der Waals surface area contributed by atoms with Crippen LogP contribution in [0.1, 0.15) is 67.5 Å². The standard InChI is InChI=1S/C31H50N5O5S2Si2/c1-17(2)44(18(3)4)41-45(19(5)6,20(7)8)40-16-22-14-23(28(39-10)27(22)37)34-29-26(21(9)33-31(36-29)43(11)38)30-35-24-15-32-13-12-25(24)42-30/h12-13,15,17-20,22-23,27-28,37H,14,16H2,1-11H3,(H,33,34,36). The molecule has 45 heavy (non-hydrogen) atoms. The van der Waals surface area contributed by atoms with Gasteiger partial charge in [-0.3, -0.25) is 9.19 Å². The molecule has 3 aromatic rings. The number of aliphatic hydroxyl groups excluding tert-OH is 1. The molecule has 1 radical (unpaired) electrons. The lowest BCUT2D eigenvalue weighted by atomic mass is 10.1. The molecule has 3 aromatic heterocycles. The molecular weight excluding hydrogens is 643 g/mol. The summed E-state index contributed by atoms with van der Waals surface area (Å²) < 4.78 is 33.5. The van der Waals surface area contributed by atoms with Crippen LogP contribution < -0.4 is 5.32 Å².